The van der Waals surface area contributed by atoms with E-state index in [2.05, 4.69) is 15.9 Å². The molecule has 0 saturated carbocycles. The Balaban J connectivity index is 0.00000144. The fourth-order valence-corrected chi connectivity index (χ4v) is 1.91. The summed E-state index contributed by atoms with van der Waals surface area (Å²) in [6.07, 6.45) is 0. The Labute approximate surface area is 97.2 Å². The van der Waals surface area contributed by atoms with Crippen molar-refractivity contribution in [3.8, 4) is 0 Å². The van der Waals surface area contributed by atoms with E-state index < -0.39 is 0 Å². The third kappa shape index (κ3) is 3.44. The van der Waals surface area contributed by atoms with E-state index in [1.807, 2.05) is 12.1 Å². The Bertz CT molecular complexity index is 281. The highest BCUT2D eigenvalue weighted by Gasteiger charge is 2.07. The number of benzene rings is 1. The van der Waals surface area contributed by atoms with Gasteiger partial charge in [-0.05, 0) is 17.7 Å². The van der Waals surface area contributed by atoms with Gasteiger partial charge in [-0.1, -0.05) is 33.6 Å². The van der Waals surface area contributed by atoms with Crippen LogP contribution in [-0.2, 0) is 0 Å². The second-order valence-corrected chi connectivity index (χ2v) is 3.80. The van der Waals surface area contributed by atoms with E-state index in [4.69, 9.17) is 23.1 Å². The second-order valence-electron chi connectivity index (χ2n) is 2.51. The summed E-state index contributed by atoms with van der Waals surface area (Å²) in [5.74, 6) is 0. The smallest absolute Gasteiger partial charge is 0.0430 e. The van der Waals surface area contributed by atoms with Crippen LogP contribution in [0.4, 0.5) is 0 Å². The lowest BCUT2D eigenvalue weighted by molar-refractivity contribution is 0.733. The topological polar surface area (TPSA) is 52.0 Å². The minimum atomic E-state index is -0.128. The summed E-state index contributed by atoms with van der Waals surface area (Å²) in [5, 5.41) is 0.690. The average Bonchev–Trinajstić information content (AvgIpc) is 2.03. The van der Waals surface area contributed by atoms with E-state index >= 15 is 0 Å². The molecule has 0 saturated heterocycles. The monoisotopic (exact) mass is 284 g/mol. The third-order valence-electron chi connectivity index (χ3n) is 1.62. The van der Waals surface area contributed by atoms with Gasteiger partial charge in [0.25, 0.3) is 0 Å². The fourth-order valence-electron chi connectivity index (χ4n) is 0.929. The average molecular weight is 286 g/mol. The van der Waals surface area contributed by atoms with Crippen LogP contribution in [-0.4, -0.2) is 6.54 Å². The predicted molar refractivity (Wildman–Crippen MR) is 62.4 cm³/mol. The zero-order valence-corrected chi connectivity index (χ0v) is 9.99. The van der Waals surface area contributed by atoms with Crippen LogP contribution in [0, 0.1) is 0 Å². The summed E-state index contributed by atoms with van der Waals surface area (Å²) in [7, 11) is 0. The van der Waals surface area contributed by atoms with E-state index in [-0.39, 0.29) is 18.4 Å². The lowest BCUT2D eigenvalue weighted by atomic mass is 10.1. The van der Waals surface area contributed by atoms with Crippen LogP contribution in [0.15, 0.2) is 22.7 Å². The highest BCUT2D eigenvalue weighted by Crippen LogP contribution is 2.24. The molecule has 13 heavy (non-hydrogen) atoms. The van der Waals surface area contributed by atoms with Crippen LogP contribution < -0.4 is 11.5 Å². The first-order valence-electron chi connectivity index (χ1n) is 3.55. The van der Waals surface area contributed by atoms with E-state index in [0.29, 0.717) is 11.6 Å². The van der Waals surface area contributed by atoms with Gasteiger partial charge in [0.15, 0.2) is 0 Å². The minimum Gasteiger partial charge on any atom is -0.329 e. The normalized spacial score (nSPS) is 12.0. The van der Waals surface area contributed by atoms with Gasteiger partial charge in [0.1, 0.15) is 0 Å². The molecule has 0 bridgehead atoms. The molecule has 0 radical (unpaired) electrons. The van der Waals surface area contributed by atoms with E-state index in [0.717, 1.165) is 10.0 Å². The van der Waals surface area contributed by atoms with Crippen molar-refractivity contribution in [2.45, 2.75) is 6.04 Å². The fraction of sp³-hybridized carbons (Fsp3) is 0.250. The molecule has 1 aromatic carbocycles. The molecule has 5 heteroatoms. The Morgan fingerprint density at radius 2 is 2.08 bits per heavy atom. The summed E-state index contributed by atoms with van der Waals surface area (Å²) in [6, 6.07) is 5.37. The third-order valence-corrected chi connectivity index (χ3v) is 2.54. The Morgan fingerprint density at radius 3 is 2.54 bits per heavy atom. The highest BCUT2D eigenvalue weighted by molar-refractivity contribution is 9.10. The van der Waals surface area contributed by atoms with Crippen molar-refractivity contribution in [2.24, 2.45) is 11.5 Å². The van der Waals surface area contributed by atoms with Crippen LogP contribution in [0.2, 0.25) is 5.02 Å². The minimum absolute atomic E-state index is 0. The Hall–Kier alpha value is 0.200. The van der Waals surface area contributed by atoms with Gasteiger partial charge in [0.2, 0.25) is 0 Å². The van der Waals surface area contributed by atoms with Gasteiger partial charge in [-0.15, -0.1) is 12.4 Å². The first-order valence-corrected chi connectivity index (χ1v) is 4.73. The summed E-state index contributed by atoms with van der Waals surface area (Å²) in [6.45, 7) is 0.431. The van der Waals surface area contributed by atoms with Gasteiger partial charge < -0.3 is 11.5 Å². The molecule has 0 amide bonds. The molecule has 1 aromatic rings. The van der Waals surface area contributed by atoms with E-state index in [1.54, 1.807) is 6.07 Å². The molecule has 2 nitrogen and oxygen atoms in total. The number of hydrogen-bond acceptors (Lipinski definition) is 2. The lowest BCUT2D eigenvalue weighted by Gasteiger charge is -2.10. The maximum absolute atomic E-state index is 5.76. The molecule has 0 aliphatic heterocycles. The molecule has 0 aromatic heterocycles. The predicted octanol–water partition coefficient (Wildman–Crippen LogP) is 2.48. The maximum Gasteiger partial charge on any atom is 0.0430 e. The van der Waals surface area contributed by atoms with Gasteiger partial charge >= 0.3 is 0 Å². The van der Waals surface area contributed by atoms with Crippen molar-refractivity contribution < 1.29 is 0 Å². The standard InChI is InChI=1S/C8H10BrClN2.ClH/c9-7-3-5(10)1-2-6(7)8(12)4-11;/h1-3,8H,4,11-12H2;1H/t8-;/m0./s1. The van der Waals surface area contributed by atoms with Crippen molar-refractivity contribution >= 4 is 39.9 Å². The molecule has 1 rings (SSSR count). The molecular formula is C8H11BrCl2N2. The number of rotatable bonds is 2. The Morgan fingerprint density at radius 1 is 1.46 bits per heavy atom. The van der Waals surface area contributed by atoms with Crippen LogP contribution >= 0.6 is 39.9 Å². The number of halogens is 3. The lowest BCUT2D eigenvalue weighted by Crippen LogP contribution is -2.21. The van der Waals surface area contributed by atoms with Gasteiger partial charge in [-0.2, -0.15) is 0 Å². The summed E-state index contributed by atoms with van der Waals surface area (Å²) >= 11 is 9.13. The molecule has 0 aliphatic carbocycles. The molecular weight excluding hydrogens is 275 g/mol. The van der Waals surface area contributed by atoms with Crippen LogP contribution in [0.25, 0.3) is 0 Å². The van der Waals surface area contributed by atoms with Crippen LogP contribution in [0.3, 0.4) is 0 Å². The second kappa shape index (κ2) is 5.83. The molecule has 0 unspecified atom stereocenters. The van der Waals surface area contributed by atoms with Crippen molar-refractivity contribution in [2.75, 3.05) is 6.54 Å². The maximum atomic E-state index is 5.76. The molecule has 1 atom stereocenters. The van der Waals surface area contributed by atoms with Gasteiger partial charge in [0.05, 0.1) is 0 Å². The van der Waals surface area contributed by atoms with Gasteiger partial charge in [0, 0.05) is 22.1 Å². The Kier molecular flexibility index (Phi) is 5.92. The van der Waals surface area contributed by atoms with E-state index in [9.17, 15) is 0 Å². The molecule has 0 heterocycles. The number of nitrogens with two attached hydrogens (primary N) is 2. The quantitative estimate of drug-likeness (QED) is 0.877. The molecule has 0 fully saturated rings. The van der Waals surface area contributed by atoms with Gasteiger partial charge in [-0.3, -0.25) is 0 Å². The summed E-state index contributed by atoms with van der Waals surface area (Å²) < 4.78 is 0.910. The van der Waals surface area contributed by atoms with Crippen molar-refractivity contribution in [3.63, 3.8) is 0 Å². The number of hydrogen-bond donors (Lipinski definition) is 2. The summed E-state index contributed by atoms with van der Waals surface area (Å²) in [4.78, 5) is 0. The molecule has 0 spiro atoms. The van der Waals surface area contributed by atoms with E-state index in [1.165, 1.54) is 0 Å². The van der Waals surface area contributed by atoms with Crippen LogP contribution in [0.1, 0.15) is 11.6 Å². The van der Waals surface area contributed by atoms with Crippen molar-refractivity contribution in [3.05, 3.63) is 33.3 Å². The summed E-state index contributed by atoms with van der Waals surface area (Å²) in [5.41, 5.74) is 12.2. The zero-order valence-electron chi connectivity index (χ0n) is 6.84. The largest absolute Gasteiger partial charge is 0.329 e. The highest BCUT2D eigenvalue weighted by atomic mass is 79.9. The first kappa shape index (κ1) is 13.2. The van der Waals surface area contributed by atoms with Crippen molar-refractivity contribution in [1.82, 2.24) is 0 Å². The molecule has 0 aliphatic rings. The molecule has 74 valence electrons. The van der Waals surface area contributed by atoms with Gasteiger partial charge in [-0.25, -0.2) is 0 Å². The first-order chi connectivity index (χ1) is 5.65. The van der Waals surface area contributed by atoms with Crippen molar-refractivity contribution in [1.29, 1.82) is 0 Å². The van der Waals surface area contributed by atoms with Crippen LogP contribution in [0.5, 0.6) is 0 Å². The SMILES string of the molecule is Cl.NC[C@H](N)c1ccc(Cl)cc1Br. The zero-order chi connectivity index (χ0) is 9.14. The molecule has 4 N–H and O–H groups in total.